The van der Waals surface area contributed by atoms with Crippen LogP contribution in [0.1, 0.15) is 16.8 Å². The van der Waals surface area contributed by atoms with Crippen molar-refractivity contribution in [1.29, 1.82) is 0 Å². The summed E-state index contributed by atoms with van der Waals surface area (Å²) < 4.78 is 7.33. The van der Waals surface area contributed by atoms with Gasteiger partial charge in [0.1, 0.15) is 5.75 Å². The summed E-state index contributed by atoms with van der Waals surface area (Å²) in [5.74, 6) is 0.764. The molecule has 0 aliphatic rings. The van der Waals surface area contributed by atoms with Crippen LogP contribution in [0.25, 0.3) is 0 Å². The fraction of sp³-hybridized carbons (Fsp3) is 0.143. The predicted octanol–water partition coefficient (Wildman–Crippen LogP) is 4.17. The average Bonchev–Trinajstić information content (AvgIpc) is 3.11. The zero-order valence-corrected chi connectivity index (χ0v) is 16.2. The highest BCUT2D eigenvalue weighted by Crippen LogP contribution is 2.16. The molecule has 0 spiro atoms. The van der Waals surface area contributed by atoms with Gasteiger partial charge in [0.15, 0.2) is 5.11 Å². The first-order chi connectivity index (χ1) is 13.1. The highest BCUT2D eigenvalue weighted by atomic mass is 32.1. The monoisotopic (exact) mass is 378 g/mol. The van der Waals surface area contributed by atoms with E-state index in [0.29, 0.717) is 5.11 Å². The molecule has 2 aromatic carbocycles. The van der Waals surface area contributed by atoms with E-state index < -0.39 is 0 Å². The summed E-state index contributed by atoms with van der Waals surface area (Å²) in [5, 5.41) is 7.73. The van der Waals surface area contributed by atoms with Gasteiger partial charge in [-0.1, -0.05) is 35.9 Å². The lowest BCUT2D eigenvalue weighted by atomic mass is 10.1. The van der Waals surface area contributed by atoms with E-state index in [1.54, 1.807) is 13.3 Å². The molecule has 0 bridgehead atoms. The molecule has 0 amide bonds. The van der Waals surface area contributed by atoms with Gasteiger partial charge in [0.05, 0.1) is 19.0 Å². The number of methoxy groups -OCH3 is 1. The van der Waals surface area contributed by atoms with Crippen LogP contribution in [0.2, 0.25) is 0 Å². The van der Waals surface area contributed by atoms with Gasteiger partial charge in [-0.3, -0.25) is 5.43 Å². The zero-order chi connectivity index (χ0) is 19.1. The molecule has 138 valence electrons. The number of aromatic nitrogens is 1. The minimum atomic E-state index is 0.413. The van der Waals surface area contributed by atoms with Crippen molar-refractivity contribution in [2.24, 2.45) is 5.10 Å². The number of nitrogens with one attached hydrogen (secondary N) is 2. The molecule has 0 saturated carbocycles. The third-order valence-electron chi connectivity index (χ3n) is 4.03. The first-order valence-corrected chi connectivity index (χ1v) is 8.99. The van der Waals surface area contributed by atoms with E-state index in [-0.39, 0.29) is 0 Å². The van der Waals surface area contributed by atoms with E-state index in [0.717, 1.165) is 23.7 Å². The second kappa shape index (κ2) is 9.00. The second-order valence-electron chi connectivity index (χ2n) is 6.10. The van der Waals surface area contributed by atoms with E-state index in [1.807, 2.05) is 42.6 Å². The van der Waals surface area contributed by atoms with Crippen molar-refractivity contribution in [2.45, 2.75) is 13.5 Å². The summed E-state index contributed by atoms with van der Waals surface area (Å²) in [7, 11) is 1.63. The maximum atomic E-state index is 5.28. The molecule has 1 heterocycles. The summed E-state index contributed by atoms with van der Waals surface area (Å²) in [6.07, 6.45) is 3.79. The molecule has 0 saturated heterocycles. The summed E-state index contributed by atoms with van der Waals surface area (Å²) in [4.78, 5) is 0. The molecule has 2 N–H and O–H groups in total. The van der Waals surface area contributed by atoms with Gasteiger partial charge < -0.3 is 14.6 Å². The third-order valence-corrected chi connectivity index (χ3v) is 4.22. The van der Waals surface area contributed by atoms with Gasteiger partial charge in [0.25, 0.3) is 0 Å². The van der Waals surface area contributed by atoms with Gasteiger partial charge in [0.2, 0.25) is 0 Å². The van der Waals surface area contributed by atoms with Crippen molar-refractivity contribution in [2.75, 3.05) is 12.4 Å². The van der Waals surface area contributed by atoms with Crippen LogP contribution < -0.4 is 15.5 Å². The first kappa shape index (κ1) is 18.7. The Morgan fingerprint density at radius 3 is 2.74 bits per heavy atom. The largest absolute Gasteiger partial charge is 0.497 e. The number of benzene rings is 2. The molecule has 27 heavy (non-hydrogen) atoms. The number of thiocarbonyl (C=S) groups is 1. The van der Waals surface area contributed by atoms with Gasteiger partial charge in [-0.05, 0) is 49.0 Å². The Morgan fingerprint density at radius 1 is 1.15 bits per heavy atom. The van der Waals surface area contributed by atoms with Crippen LogP contribution in [0.5, 0.6) is 5.75 Å². The Balaban J connectivity index is 1.57. The minimum absolute atomic E-state index is 0.413. The standard InChI is InChI=1S/C21H22N4OS/c1-16-8-10-17(11-9-16)15-25-12-4-6-19(25)14-22-24-21(27)23-18-5-3-7-20(13-18)26-2/h3-14H,15H2,1-2H3,(H2,23,24,27). The van der Waals surface area contributed by atoms with Crippen LogP contribution in [0.3, 0.4) is 0 Å². The van der Waals surface area contributed by atoms with Gasteiger partial charge in [0, 0.05) is 24.5 Å². The summed E-state index contributed by atoms with van der Waals surface area (Å²) in [6.45, 7) is 2.88. The van der Waals surface area contributed by atoms with Crippen molar-refractivity contribution < 1.29 is 4.74 Å². The molecule has 0 aliphatic heterocycles. The summed E-state index contributed by atoms with van der Waals surface area (Å²) in [6, 6.07) is 20.1. The fourth-order valence-electron chi connectivity index (χ4n) is 2.60. The van der Waals surface area contributed by atoms with Crippen LogP contribution in [-0.4, -0.2) is 23.0 Å². The number of hydrogen-bond donors (Lipinski definition) is 2. The van der Waals surface area contributed by atoms with E-state index in [4.69, 9.17) is 17.0 Å². The van der Waals surface area contributed by atoms with Gasteiger partial charge in [-0.15, -0.1) is 0 Å². The summed E-state index contributed by atoms with van der Waals surface area (Å²) in [5.41, 5.74) is 7.18. The quantitative estimate of drug-likeness (QED) is 0.384. The lowest BCUT2D eigenvalue weighted by Crippen LogP contribution is -2.24. The van der Waals surface area contributed by atoms with Gasteiger partial charge >= 0.3 is 0 Å². The third kappa shape index (κ3) is 5.43. The molecular formula is C21H22N4OS. The molecule has 0 unspecified atom stereocenters. The van der Waals surface area contributed by atoms with Gasteiger partial charge in [-0.2, -0.15) is 5.10 Å². The Hall–Kier alpha value is -3.12. The topological polar surface area (TPSA) is 50.6 Å². The van der Waals surface area contributed by atoms with Crippen molar-refractivity contribution in [3.05, 3.63) is 83.7 Å². The molecular weight excluding hydrogens is 356 g/mol. The molecule has 5 nitrogen and oxygen atoms in total. The molecule has 0 fully saturated rings. The Bertz CT molecular complexity index is 931. The fourth-order valence-corrected chi connectivity index (χ4v) is 2.77. The van der Waals surface area contributed by atoms with Gasteiger partial charge in [-0.25, -0.2) is 0 Å². The maximum Gasteiger partial charge on any atom is 0.191 e. The van der Waals surface area contributed by atoms with Crippen LogP contribution >= 0.6 is 12.2 Å². The van der Waals surface area contributed by atoms with Crippen molar-refractivity contribution in [3.8, 4) is 5.75 Å². The van der Waals surface area contributed by atoms with E-state index in [9.17, 15) is 0 Å². The first-order valence-electron chi connectivity index (χ1n) is 8.59. The van der Waals surface area contributed by atoms with Crippen LogP contribution in [0.4, 0.5) is 5.69 Å². The average molecular weight is 379 g/mol. The Kier molecular flexibility index (Phi) is 6.22. The number of hydrogen-bond acceptors (Lipinski definition) is 3. The number of anilines is 1. The smallest absolute Gasteiger partial charge is 0.191 e. The van der Waals surface area contributed by atoms with Crippen LogP contribution in [-0.2, 0) is 6.54 Å². The van der Waals surface area contributed by atoms with Crippen LogP contribution in [0.15, 0.2) is 72.0 Å². The normalized spacial score (nSPS) is 10.7. The highest BCUT2D eigenvalue weighted by molar-refractivity contribution is 7.80. The number of hydrazone groups is 1. The van der Waals surface area contributed by atoms with Crippen LogP contribution in [0, 0.1) is 6.92 Å². The van der Waals surface area contributed by atoms with Crippen molar-refractivity contribution in [1.82, 2.24) is 9.99 Å². The lowest BCUT2D eigenvalue weighted by molar-refractivity contribution is 0.415. The van der Waals surface area contributed by atoms with E-state index in [1.165, 1.54) is 11.1 Å². The number of aryl methyl sites for hydroxylation is 1. The SMILES string of the molecule is COc1cccc(NC(=S)NN=Cc2cccn2Cc2ccc(C)cc2)c1. The molecule has 0 aliphatic carbocycles. The zero-order valence-electron chi connectivity index (χ0n) is 15.3. The molecule has 3 aromatic rings. The lowest BCUT2D eigenvalue weighted by Gasteiger charge is -2.09. The molecule has 1 aromatic heterocycles. The second-order valence-corrected chi connectivity index (χ2v) is 6.51. The van der Waals surface area contributed by atoms with E-state index in [2.05, 4.69) is 51.6 Å². The number of rotatable bonds is 6. The maximum absolute atomic E-state index is 5.28. The summed E-state index contributed by atoms with van der Waals surface area (Å²) >= 11 is 5.28. The molecule has 0 atom stereocenters. The van der Waals surface area contributed by atoms with Crippen molar-refractivity contribution in [3.63, 3.8) is 0 Å². The number of nitrogens with zero attached hydrogens (tertiary/aromatic N) is 2. The van der Waals surface area contributed by atoms with E-state index >= 15 is 0 Å². The molecule has 6 heteroatoms. The number of ether oxygens (including phenoxy) is 1. The molecule has 3 rings (SSSR count). The van der Waals surface area contributed by atoms with Crippen molar-refractivity contribution >= 4 is 29.2 Å². The predicted molar refractivity (Wildman–Crippen MR) is 115 cm³/mol. The Labute approximate surface area is 164 Å². The minimum Gasteiger partial charge on any atom is -0.497 e. The Morgan fingerprint density at radius 2 is 1.96 bits per heavy atom. The highest BCUT2D eigenvalue weighted by Gasteiger charge is 2.01. The molecule has 0 radical (unpaired) electrons.